The molecule has 0 bridgehead atoms. The lowest BCUT2D eigenvalue weighted by Crippen LogP contribution is -2.42. The van der Waals surface area contributed by atoms with Crippen molar-refractivity contribution in [2.75, 3.05) is 6.54 Å². The normalized spacial score (nSPS) is 30.2. The predicted molar refractivity (Wildman–Crippen MR) is 78.7 cm³/mol. The van der Waals surface area contributed by atoms with Crippen LogP contribution in [-0.2, 0) is 4.79 Å². The fourth-order valence-electron chi connectivity index (χ4n) is 3.94. The third-order valence-electron chi connectivity index (χ3n) is 5.21. The van der Waals surface area contributed by atoms with Crippen LogP contribution in [0, 0.1) is 17.8 Å². The third-order valence-corrected chi connectivity index (χ3v) is 5.21. The Morgan fingerprint density at radius 3 is 2.63 bits per heavy atom. The molecule has 110 valence electrons. The summed E-state index contributed by atoms with van der Waals surface area (Å²) < 4.78 is 0. The van der Waals surface area contributed by atoms with Crippen LogP contribution in [0.25, 0.3) is 0 Å². The second-order valence-corrected chi connectivity index (χ2v) is 6.65. The van der Waals surface area contributed by atoms with Gasteiger partial charge >= 0.3 is 0 Å². The van der Waals surface area contributed by atoms with Crippen LogP contribution in [0.15, 0.2) is 0 Å². The van der Waals surface area contributed by atoms with E-state index in [1.165, 1.54) is 38.5 Å². The lowest BCUT2D eigenvalue weighted by Gasteiger charge is -2.30. The molecule has 19 heavy (non-hydrogen) atoms. The maximum atomic E-state index is 12.4. The molecule has 3 atom stereocenters. The second-order valence-electron chi connectivity index (χ2n) is 6.65. The molecule has 3 heteroatoms. The highest BCUT2D eigenvalue weighted by Crippen LogP contribution is 2.32. The maximum absolute atomic E-state index is 12.4. The van der Waals surface area contributed by atoms with E-state index in [-0.39, 0.29) is 5.92 Å². The zero-order chi connectivity index (χ0) is 13.7. The lowest BCUT2D eigenvalue weighted by atomic mass is 9.79. The van der Waals surface area contributed by atoms with Crippen molar-refractivity contribution in [3.05, 3.63) is 0 Å². The number of amides is 1. The zero-order valence-electron chi connectivity index (χ0n) is 12.4. The van der Waals surface area contributed by atoms with E-state index >= 15 is 0 Å². The lowest BCUT2D eigenvalue weighted by molar-refractivity contribution is -0.127. The molecule has 0 aromatic heterocycles. The van der Waals surface area contributed by atoms with E-state index in [0.29, 0.717) is 23.8 Å². The van der Waals surface area contributed by atoms with Crippen LogP contribution in [0.5, 0.6) is 0 Å². The molecule has 2 saturated carbocycles. The van der Waals surface area contributed by atoms with Crippen molar-refractivity contribution in [3.63, 3.8) is 0 Å². The van der Waals surface area contributed by atoms with Crippen molar-refractivity contribution in [2.24, 2.45) is 23.5 Å². The van der Waals surface area contributed by atoms with Gasteiger partial charge in [-0.15, -0.1) is 0 Å². The smallest absolute Gasteiger partial charge is 0.223 e. The van der Waals surface area contributed by atoms with Gasteiger partial charge in [0.1, 0.15) is 0 Å². The van der Waals surface area contributed by atoms with Crippen molar-refractivity contribution in [3.8, 4) is 0 Å². The second kappa shape index (κ2) is 7.28. The van der Waals surface area contributed by atoms with Crippen LogP contribution in [-0.4, -0.2) is 18.5 Å². The van der Waals surface area contributed by atoms with E-state index in [9.17, 15) is 4.79 Å². The van der Waals surface area contributed by atoms with Gasteiger partial charge in [-0.1, -0.05) is 25.7 Å². The standard InChI is InChI=1S/C16H30N2O/c1-12(14-6-2-3-7-14)18-16(19)15-8-4-5-13(11-15)9-10-17/h12-15H,2-11,17H2,1H3,(H,18,19). The van der Waals surface area contributed by atoms with Gasteiger partial charge in [0.15, 0.2) is 0 Å². The van der Waals surface area contributed by atoms with Crippen LogP contribution in [0.4, 0.5) is 0 Å². The molecule has 0 spiro atoms. The molecule has 2 aliphatic rings. The van der Waals surface area contributed by atoms with E-state index < -0.39 is 0 Å². The minimum Gasteiger partial charge on any atom is -0.353 e. The molecule has 0 aliphatic heterocycles. The van der Waals surface area contributed by atoms with Crippen LogP contribution >= 0.6 is 0 Å². The van der Waals surface area contributed by atoms with Crippen molar-refractivity contribution in [1.82, 2.24) is 5.32 Å². The molecule has 3 nitrogen and oxygen atoms in total. The Morgan fingerprint density at radius 1 is 1.21 bits per heavy atom. The van der Waals surface area contributed by atoms with Gasteiger partial charge in [0.25, 0.3) is 0 Å². The molecule has 1 amide bonds. The first-order valence-corrected chi connectivity index (χ1v) is 8.21. The van der Waals surface area contributed by atoms with Gasteiger partial charge in [0, 0.05) is 12.0 Å². The summed E-state index contributed by atoms with van der Waals surface area (Å²) in [5.74, 6) is 1.94. The van der Waals surface area contributed by atoms with E-state index in [4.69, 9.17) is 5.73 Å². The molecule has 3 N–H and O–H groups in total. The van der Waals surface area contributed by atoms with Gasteiger partial charge < -0.3 is 11.1 Å². The van der Waals surface area contributed by atoms with Gasteiger partial charge in [-0.05, 0) is 57.4 Å². The largest absolute Gasteiger partial charge is 0.353 e. The maximum Gasteiger partial charge on any atom is 0.223 e. The zero-order valence-corrected chi connectivity index (χ0v) is 12.4. The van der Waals surface area contributed by atoms with Crippen molar-refractivity contribution >= 4 is 5.91 Å². The molecule has 0 heterocycles. The van der Waals surface area contributed by atoms with Gasteiger partial charge in [0.2, 0.25) is 5.91 Å². The summed E-state index contributed by atoms with van der Waals surface area (Å²) in [7, 11) is 0. The highest BCUT2D eigenvalue weighted by Gasteiger charge is 2.29. The predicted octanol–water partition coefficient (Wildman–Crippen LogP) is 2.84. The minimum absolute atomic E-state index is 0.245. The summed E-state index contributed by atoms with van der Waals surface area (Å²) in [6, 6.07) is 0.366. The van der Waals surface area contributed by atoms with Gasteiger partial charge in [-0.2, -0.15) is 0 Å². The van der Waals surface area contributed by atoms with Crippen molar-refractivity contribution in [2.45, 2.75) is 70.8 Å². The molecule has 0 aromatic carbocycles. The topological polar surface area (TPSA) is 55.1 Å². The fourth-order valence-corrected chi connectivity index (χ4v) is 3.94. The Labute approximate surface area is 117 Å². The average Bonchev–Trinajstić information content (AvgIpc) is 2.93. The van der Waals surface area contributed by atoms with E-state index in [1.807, 2.05) is 0 Å². The van der Waals surface area contributed by atoms with Gasteiger partial charge in [-0.3, -0.25) is 4.79 Å². The van der Waals surface area contributed by atoms with Crippen molar-refractivity contribution < 1.29 is 4.79 Å². The Balaban J connectivity index is 1.78. The molecule has 2 aliphatic carbocycles. The first-order valence-electron chi connectivity index (χ1n) is 8.21. The molecule has 2 fully saturated rings. The number of carbonyl (C=O) groups excluding carboxylic acids is 1. The quantitative estimate of drug-likeness (QED) is 0.804. The number of hydrogen-bond donors (Lipinski definition) is 2. The minimum atomic E-state index is 0.245. The Hall–Kier alpha value is -0.570. The number of carbonyl (C=O) groups is 1. The van der Waals surface area contributed by atoms with Crippen LogP contribution in [0.1, 0.15) is 64.7 Å². The summed E-state index contributed by atoms with van der Waals surface area (Å²) in [5.41, 5.74) is 5.64. The Bertz CT molecular complexity index is 284. The summed E-state index contributed by atoms with van der Waals surface area (Å²) in [6.07, 6.45) is 10.9. The molecule has 0 saturated heterocycles. The Kier molecular flexibility index (Phi) is 5.68. The first-order chi connectivity index (χ1) is 9.20. The number of rotatable bonds is 5. The fraction of sp³-hybridized carbons (Fsp3) is 0.938. The highest BCUT2D eigenvalue weighted by molar-refractivity contribution is 5.79. The number of nitrogens with one attached hydrogen (secondary N) is 1. The summed E-state index contributed by atoms with van der Waals surface area (Å²) >= 11 is 0. The number of hydrogen-bond acceptors (Lipinski definition) is 2. The average molecular weight is 266 g/mol. The monoisotopic (exact) mass is 266 g/mol. The van der Waals surface area contributed by atoms with E-state index in [0.717, 1.165) is 25.8 Å². The van der Waals surface area contributed by atoms with Gasteiger partial charge in [-0.25, -0.2) is 0 Å². The van der Waals surface area contributed by atoms with E-state index in [2.05, 4.69) is 12.2 Å². The highest BCUT2D eigenvalue weighted by atomic mass is 16.1. The van der Waals surface area contributed by atoms with Crippen LogP contribution in [0.2, 0.25) is 0 Å². The summed E-state index contributed by atoms with van der Waals surface area (Å²) in [6.45, 7) is 2.95. The molecule has 3 unspecified atom stereocenters. The SMILES string of the molecule is CC(NC(=O)C1CCCC(CCN)C1)C1CCCC1. The van der Waals surface area contributed by atoms with E-state index in [1.54, 1.807) is 0 Å². The van der Waals surface area contributed by atoms with Crippen molar-refractivity contribution in [1.29, 1.82) is 0 Å². The van der Waals surface area contributed by atoms with Gasteiger partial charge in [0.05, 0.1) is 0 Å². The Morgan fingerprint density at radius 2 is 1.95 bits per heavy atom. The third kappa shape index (κ3) is 4.20. The summed E-state index contributed by atoms with van der Waals surface area (Å²) in [4.78, 5) is 12.4. The molecule has 0 radical (unpaired) electrons. The number of nitrogens with two attached hydrogens (primary N) is 1. The van der Waals surface area contributed by atoms with Crippen LogP contribution in [0.3, 0.4) is 0 Å². The molecule has 2 rings (SSSR count). The van der Waals surface area contributed by atoms with Crippen LogP contribution < -0.4 is 11.1 Å². The molecular weight excluding hydrogens is 236 g/mol. The first kappa shape index (κ1) is 14.8. The summed E-state index contributed by atoms with van der Waals surface area (Å²) in [5, 5.41) is 3.28. The molecular formula is C16H30N2O. The molecule has 0 aromatic rings.